The van der Waals surface area contributed by atoms with Gasteiger partial charge in [-0.1, -0.05) is 17.1 Å². The first kappa shape index (κ1) is 20.2. The summed E-state index contributed by atoms with van der Waals surface area (Å²) in [6, 6.07) is 1.29. The number of carbonyl (C=O) groups is 1. The van der Waals surface area contributed by atoms with E-state index in [1.165, 1.54) is 6.07 Å². The molecule has 0 saturated carbocycles. The maximum atomic E-state index is 11.6. The third-order valence-electron chi connectivity index (χ3n) is 2.61. The molecule has 11 nitrogen and oxygen atoms in total. The van der Waals surface area contributed by atoms with Gasteiger partial charge in [-0.3, -0.25) is 4.55 Å². The Labute approximate surface area is 145 Å². The van der Waals surface area contributed by atoms with E-state index < -0.39 is 22.4 Å². The largest absolute Gasteiger partial charge is 0.474 e. The van der Waals surface area contributed by atoms with Crippen LogP contribution in [0.1, 0.15) is 6.92 Å². The lowest BCUT2D eigenvalue weighted by Crippen LogP contribution is -2.51. The predicted octanol–water partition coefficient (Wildman–Crippen LogP) is -0.0705. The van der Waals surface area contributed by atoms with Crippen molar-refractivity contribution >= 4 is 34.1 Å². The van der Waals surface area contributed by atoms with Crippen molar-refractivity contribution in [2.24, 2.45) is 0 Å². The molecule has 0 radical (unpaired) electrons. The zero-order chi connectivity index (χ0) is 19.0. The molecule has 0 atom stereocenters. The summed E-state index contributed by atoms with van der Waals surface area (Å²) >= 11 is 0. The lowest BCUT2D eigenvalue weighted by Gasteiger charge is -2.19. The maximum Gasteiger partial charge on any atom is 0.474 e. The van der Waals surface area contributed by atoms with Crippen LogP contribution in [-0.2, 0) is 15.1 Å². The first-order chi connectivity index (χ1) is 11.7. The van der Waals surface area contributed by atoms with E-state index in [1.807, 2.05) is 0 Å². The van der Waals surface area contributed by atoms with Crippen molar-refractivity contribution in [1.82, 2.24) is 4.98 Å². The minimum absolute atomic E-state index is 0.0687. The fourth-order valence-electron chi connectivity index (χ4n) is 1.74. The van der Waals surface area contributed by atoms with Crippen LogP contribution in [0.5, 0.6) is 0 Å². The Bertz CT molecular complexity index is 742. The molecule has 0 unspecified atom stereocenters. The van der Waals surface area contributed by atoms with Crippen LogP contribution in [0.2, 0.25) is 0 Å². The maximum absolute atomic E-state index is 11.6. The number of nitrogen functional groups attached to an aromatic ring is 1. The summed E-state index contributed by atoms with van der Waals surface area (Å²) in [5, 5.41) is 2.19. The number of nitrogens with one attached hydrogen (secondary N) is 1. The number of ether oxygens (including phenoxy) is 1. The molecule has 12 heteroatoms. The van der Waals surface area contributed by atoms with Gasteiger partial charge in [0.05, 0.1) is 12.7 Å². The third-order valence-corrected chi connectivity index (χ3v) is 2.94. The number of nitrogens with zero attached hydrogens (tertiary/aromatic N) is 3. The fraction of sp³-hybridized carbons (Fsp3) is 0.308. The summed E-state index contributed by atoms with van der Waals surface area (Å²) in [4.78, 5) is 17.4. The third kappa shape index (κ3) is 6.27. The highest BCUT2D eigenvalue weighted by atomic mass is 32.3. The molecule has 4 N–H and O–H groups in total. The van der Waals surface area contributed by atoms with Gasteiger partial charge < -0.3 is 15.4 Å². The highest BCUT2D eigenvalue weighted by molar-refractivity contribution is 7.80. The van der Waals surface area contributed by atoms with E-state index >= 15 is 0 Å². The van der Waals surface area contributed by atoms with Gasteiger partial charge in [-0.05, 0) is 11.7 Å². The smallest absolute Gasteiger partial charge is 0.441 e. The quantitative estimate of drug-likeness (QED) is 0.307. The van der Waals surface area contributed by atoms with Crippen LogP contribution in [0.15, 0.2) is 31.4 Å². The molecule has 0 aliphatic heterocycles. The summed E-state index contributed by atoms with van der Waals surface area (Å²) in [5.41, 5.74) is 5.76. The van der Waals surface area contributed by atoms with E-state index in [-0.39, 0.29) is 18.2 Å². The standard InChI is InChI=1S/C13H19N5O6S/c1-4-7-17(8-5-2)11-9-10(14)18(24-25(20,21)22)12(15-11)16-13(19)23-6-3/h4-5,9H,1-2,6-8H2,3H3,(H3,14,15,16,19,20,21,22)/p+1. The number of hydrogen-bond acceptors (Lipinski definition) is 8. The second-order valence-corrected chi connectivity index (χ2v) is 5.49. The van der Waals surface area contributed by atoms with Gasteiger partial charge in [0, 0.05) is 13.1 Å². The summed E-state index contributed by atoms with van der Waals surface area (Å²) < 4.78 is 40.3. The van der Waals surface area contributed by atoms with Crippen molar-refractivity contribution in [3.05, 3.63) is 31.4 Å². The van der Waals surface area contributed by atoms with Gasteiger partial charge in [0.15, 0.2) is 5.82 Å². The van der Waals surface area contributed by atoms with Crippen LogP contribution in [0.4, 0.5) is 22.4 Å². The highest BCUT2D eigenvalue weighted by Gasteiger charge is 2.26. The first-order valence-electron chi connectivity index (χ1n) is 7.02. The topological polar surface area (TPSA) is 148 Å². The Morgan fingerprint density at radius 1 is 1.48 bits per heavy atom. The molecule has 0 bridgehead atoms. The zero-order valence-corrected chi connectivity index (χ0v) is 14.4. The van der Waals surface area contributed by atoms with Crippen molar-refractivity contribution in [3.8, 4) is 0 Å². The van der Waals surface area contributed by atoms with Gasteiger partial charge in [0.1, 0.15) is 0 Å². The van der Waals surface area contributed by atoms with E-state index in [9.17, 15) is 13.2 Å². The first-order valence-corrected chi connectivity index (χ1v) is 8.38. The Morgan fingerprint density at radius 2 is 2.08 bits per heavy atom. The summed E-state index contributed by atoms with van der Waals surface area (Å²) in [7, 11) is -4.92. The van der Waals surface area contributed by atoms with Gasteiger partial charge in [-0.15, -0.1) is 13.2 Å². The molecule has 25 heavy (non-hydrogen) atoms. The Kier molecular flexibility index (Phi) is 7.14. The second-order valence-electron chi connectivity index (χ2n) is 4.49. The van der Waals surface area contributed by atoms with Crippen molar-refractivity contribution in [1.29, 1.82) is 0 Å². The average molecular weight is 374 g/mol. The Balaban J connectivity index is 3.39. The van der Waals surface area contributed by atoms with Crippen LogP contribution in [0, 0.1) is 0 Å². The van der Waals surface area contributed by atoms with E-state index in [0.29, 0.717) is 17.8 Å². The van der Waals surface area contributed by atoms with Crippen molar-refractivity contribution in [3.63, 3.8) is 0 Å². The zero-order valence-electron chi connectivity index (χ0n) is 13.6. The van der Waals surface area contributed by atoms with Crippen LogP contribution in [-0.4, -0.2) is 43.7 Å². The molecule has 0 fully saturated rings. The molecule has 1 aromatic rings. The lowest BCUT2D eigenvalue weighted by atomic mass is 10.4. The number of nitrogens with two attached hydrogens (primary N) is 1. The highest BCUT2D eigenvalue weighted by Crippen LogP contribution is 2.15. The SMILES string of the molecule is C=CCN(CC=C)c1cc(N)[n+](OS(=O)(=O)O)c(NC(=O)OCC)n1. The van der Waals surface area contributed by atoms with Crippen LogP contribution < -0.4 is 25.0 Å². The van der Waals surface area contributed by atoms with E-state index in [4.69, 9.17) is 15.0 Å². The summed E-state index contributed by atoms with van der Waals surface area (Å²) in [6.07, 6.45) is 2.30. The van der Waals surface area contributed by atoms with Gasteiger partial charge in [0.25, 0.3) is 0 Å². The number of hydrogen-bond donors (Lipinski definition) is 3. The normalized spacial score (nSPS) is 10.6. The van der Waals surface area contributed by atoms with Gasteiger partial charge in [-0.25, -0.2) is 9.08 Å². The fourth-order valence-corrected chi connectivity index (χ4v) is 2.09. The number of carbonyl (C=O) groups excluding carboxylic acids is 1. The Hall–Kier alpha value is -2.86. The van der Waals surface area contributed by atoms with Gasteiger partial charge >= 0.3 is 22.4 Å². The molecule has 1 aromatic heterocycles. The number of rotatable bonds is 9. The van der Waals surface area contributed by atoms with Gasteiger partial charge in [0.2, 0.25) is 5.82 Å². The number of amides is 1. The molecule has 1 rings (SSSR count). The van der Waals surface area contributed by atoms with Gasteiger partial charge in [-0.2, -0.15) is 13.7 Å². The summed E-state index contributed by atoms with van der Waals surface area (Å²) in [6.45, 7) is 9.65. The Morgan fingerprint density at radius 3 is 2.56 bits per heavy atom. The van der Waals surface area contributed by atoms with Crippen molar-refractivity contribution < 1.29 is 31.5 Å². The molecular formula is C13H20N5O6S+. The lowest BCUT2D eigenvalue weighted by molar-refractivity contribution is -0.835. The van der Waals surface area contributed by atoms with E-state index in [2.05, 4.69) is 27.7 Å². The minimum atomic E-state index is -4.92. The monoisotopic (exact) mass is 374 g/mol. The molecule has 1 amide bonds. The molecule has 0 aliphatic rings. The van der Waals surface area contributed by atoms with E-state index in [1.54, 1.807) is 24.0 Å². The minimum Gasteiger partial charge on any atom is -0.441 e. The molecule has 0 spiro atoms. The second kappa shape index (κ2) is 8.84. The van der Waals surface area contributed by atoms with E-state index in [0.717, 1.165) is 0 Å². The molecule has 0 aliphatic carbocycles. The molecular weight excluding hydrogens is 354 g/mol. The summed E-state index contributed by atoms with van der Waals surface area (Å²) in [5.74, 6) is -0.393. The molecule has 1 heterocycles. The van der Waals surface area contributed by atoms with Crippen molar-refractivity contribution in [2.45, 2.75) is 6.92 Å². The number of anilines is 3. The van der Waals surface area contributed by atoms with Crippen LogP contribution >= 0.6 is 0 Å². The van der Waals surface area contributed by atoms with Crippen LogP contribution in [0.3, 0.4) is 0 Å². The number of aromatic nitrogens is 2. The molecule has 138 valence electrons. The molecule has 0 saturated heterocycles. The predicted molar refractivity (Wildman–Crippen MR) is 90.2 cm³/mol. The average Bonchev–Trinajstić information content (AvgIpc) is 2.49. The van der Waals surface area contributed by atoms with Crippen molar-refractivity contribution in [2.75, 3.05) is 35.6 Å². The molecule has 0 aromatic carbocycles. The van der Waals surface area contributed by atoms with Crippen LogP contribution in [0.25, 0.3) is 0 Å².